The molecule has 0 aromatic rings. The fraction of sp³-hybridized carbons (Fsp3) is 0.500. The van der Waals surface area contributed by atoms with E-state index in [0.29, 0.717) is 6.42 Å². The highest BCUT2D eigenvalue weighted by molar-refractivity contribution is 5.90. The molecule has 0 radical (unpaired) electrons. The molecule has 0 bridgehead atoms. The van der Waals surface area contributed by atoms with E-state index < -0.39 is 11.4 Å². The van der Waals surface area contributed by atoms with Gasteiger partial charge in [-0.3, -0.25) is 9.79 Å². The van der Waals surface area contributed by atoms with Crippen molar-refractivity contribution in [2.24, 2.45) is 10.4 Å². The summed E-state index contributed by atoms with van der Waals surface area (Å²) in [5.41, 5.74) is 0.128. The van der Waals surface area contributed by atoms with Crippen molar-refractivity contribution >= 4 is 11.7 Å². The summed E-state index contributed by atoms with van der Waals surface area (Å²) >= 11 is 0. The lowest BCUT2D eigenvalue weighted by Crippen LogP contribution is -2.28. The van der Waals surface area contributed by atoms with Crippen LogP contribution in [-0.2, 0) is 4.79 Å². The van der Waals surface area contributed by atoms with E-state index in [9.17, 15) is 4.79 Å². The Morgan fingerprint density at radius 1 is 1.82 bits per heavy atom. The molecular formula is C8H11NO2. The van der Waals surface area contributed by atoms with Crippen LogP contribution in [0.2, 0.25) is 0 Å². The SMILES string of the molecule is CC1=NC=CC(C)(C(=O)O)C1. The predicted octanol–water partition coefficient (Wildman–Crippen LogP) is 1.46. The van der Waals surface area contributed by atoms with Crippen LogP contribution in [0.1, 0.15) is 20.3 Å². The highest BCUT2D eigenvalue weighted by Crippen LogP contribution is 2.27. The van der Waals surface area contributed by atoms with Gasteiger partial charge in [0.2, 0.25) is 0 Å². The molecule has 3 heteroatoms. The molecule has 0 saturated heterocycles. The molecule has 1 atom stereocenters. The van der Waals surface area contributed by atoms with Crippen LogP contribution < -0.4 is 0 Å². The average molecular weight is 153 g/mol. The molecule has 0 fully saturated rings. The van der Waals surface area contributed by atoms with Gasteiger partial charge in [-0.05, 0) is 19.9 Å². The van der Waals surface area contributed by atoms with Crippen LogP contribution in [0.3, 0.4) is 0 Å². The smallest absolute Gasteiger partial charge is 0.313 e. The Morgan fingerprint density at radius 3 is 2.82 bits per heavy atom. The number of carboxylic acids is 1. The third kappa shape index (κ3) is 1.48. The van der Waals surface area contributed by atoms with Crippen LogP contribution in [0.4, 0.5) is 0 Å². The van der Waals surface area contributed by atoms with Gasteiger partial charge >= 0.3 is 5.97 Å². The van der Waals surface area contributed by atoms with Crippen LogP contribution in [-0.4, -0.2) is 16.8 Å². The number of carboxylic acid groups (broad SMARTS) is 1. The molecule has 1 unspecified atom stereocenters. The summed E-state index contributed by atoms with van der Waals surface area (Å²) in [5.74, 6) is -0.789. The lowest BCUT2D eigenvalue weighted by Gasteiger charge is -2.22. The minimum absolute atomic E-state index is 0.513. The molecule has 11 heavy (non-hydrogen) atoms. The fourth-order valence-corrected chi connectivity index (χ4v) is 1.11. The maximum absolute atomic E-state index is 10.7. The second-order valence-electron chi connectivity index (χ2n) is 3.08. The summed E-state index contributed by atoms with van der Waals surface area (Å²) in [6.07, 6.45) is 3.70. The fourth-order valence-electron chi connectivity index (χ4n) is 1.11. The van der Waals surface area contributed by atoms with Crippen molar-refractivity contribution in [3.63, 3.8) is 0 Å². The van der Waals surface area contributed by atoms with Crippen molar-refractivity contribution in [3.8, 4) is 0 Å². The topological polar surface area (TPSA) is 49.7 Å². The third-order valence-corrected chi connectivity index (χ3v) is 1.85. The predicted molar refractivity (Wildman–Crippen MR) is 42.6 cm³/mol. The zero-order valence-corrected chi connectivity index (χ0v) is 6.66. The van der Waals surface area contributed by atoms with Gasteiger partial charge in [0.25, 0.3) is 0 Å². The standard InChI is InChI=1S/C8H11NO2/c1-6-5-8(2,7(10)11)3-4-9-6/h3-4H,5H2,1-2H3,(H,10,11). The Kier molecular flexibility index (Phi) is 1.81. The molecular weight excluding hydrogens is 142 g/mol. The second-order valence-corrected chi connectivity index (χ2v) is 3.08. The Labute approximate surface area is 65.4 Å². The molecule has 3 nitrogen and oxygen atoms in total. The van der Waals surface area contributed by atoms with E-state index in [4.69, 9.17) is 5.11 Å². The first-order valence-corrected chi connectivity index (χ1v) is 3.49. The van der Waals surface area contributed by atoms with Crippen LogP contribution >= 0.6 is 0 Å². The Bertz CT molecular complexity index is 242. The maximum atomic E-state index is 10.7. The molecule has 1 N–H and O–H groups in total. The van der Waals surface area contributed by atoms with Crippen LogP contribution in [0.15, 0.2) is 17.3 Å². The second kappa shape index (κ2) is 2.49. The van der Waals surface area contributed by atoms with E-state index in [0.717, 1.165) is 5.71 Å². The molecule has 0 aromatic carbocycles. The molecule has 0 aromatic heterocycles. The van der Waals surface area contributed by atoms with Gasteiger partial charge in [0.05, 0.1) is 5.41 Å². The quantitative estimate of drug-likeness (QED) is 0.619. The summed E-state index contributed by atoms with van der Waals surface area (Å²) < 4.78 is 0. The normalized spacial score (nSPS) is 29.8. The molecule has 0 aliphatic carbocycles. The third-order valence-electron chi connectivity index (χ3n) is 1.85. The van der Waals surface area contributed by atoms with Gasteiger partial charge in [-0.15, -0.1) is 0 Å². The number of hydrogen-bond acceptors (Lipinski definition) is 2. The molecule has 0 spiro atoms. The first-order chi connectivity index (χ1) is 5.04. The minimum Gasteiger partial charge on any atom is -0.481 e. The van der Waals surface area contributed by atoms with Crippen molar-refractivity contribution in [2.75, 3.05) is 0 Å². The van der Waals surface area contributed by atoms with Crippen LogP contribution in [0, 0.1) is 5.41 Å². The zero-order valence-electron chi connectivity index (χ0n) is 6.66. The summed E-state index contributed by atoms with van der Waals surface area (Å²) in [6, 6.07) is 0. The van der Waals surface area contributed by atoms with Gasteiger partial charge < -0.3 is 5.11 Å². The Balaban J connectivity index is 2.86. The zero-order chi connectivity index (χ0) is 8.48. The lowest BCUT2D eigenvalue weighted by atomic mass is 9.84. The van der Waals surface area contributed by atoms with E-state index in [1.807, 2.05) is 6.92 Å². The number of carbonyl (C=O) groups is 1. The maximum Gasteiger partial charge on any atom is 0.313 e. The number of aliphatic imine (C=N–C) groups is 1. The van der Waals surface area contributed by atoms with Crippen LogP contribution in [0.25, 0.3) is 0 Å². The van der Waals surface area contributed by atoms with Gasteiger partial charge in [0, 0.05) is 18.3 Å². The molecule has 1 rings (SSSR count). The summed E-state index contributed by atoms with van der Waals surface area (Å²) in [6.45, 7) is 3.54. The van der Waals surface area contributed by atoms with Crippen molar-refractivity contribution in [3.05, 3.63) is 12.3 Å². The van der Waals surface area contributed by atoms with Crippen molar-refractivity contribution in [1.82, 2.24) is 0 Å². The van der Waals surface area contributed by atoms with E-state index >= 15 is 0 Å². The first-order valence-electron chi connectivity index (χ1n) is 3.49. The van der Waals surface area contributed by atoms with Crippen molar-refractivity contribution in [1.29, 1.82) is 0 Å². The number of nitrogens with zero attached hydrogens (tertiary/aromatic N) is 1. The van der Waals surface area contributed by atoms with E-state index in [1.54, 1.807) is 19.2 Å². The van der Waals surface area contributed by atoms with Gasteiger partial charge in [-0.25, -0.2) is 0 Å². The highest BCUT2D eigenvalue weighted by Gasteiger charge is 2.32. The van der Waals surface area contributed by atoms with Crippen molar-refractivity contribution in [2.45, 2.75) is 20.3 Å². The van der Waals surface area contributed by atoms with Crippen LogP contribution in [0.5, 0.6) is 0 Å². The number of aliphatic carboxylic acids is 1. The van der Waals surface area contributed by atoms with Gasteiger partial charge in [0.15, 0.2) is 0 Å². The average Bonchev–Trinajstić information content (AvgIpc) is 1.86. The first kappa shape index (κ1) is 7.98. The molecule has 1 heterocycles. The molecule has 0 amide bonds. The van der Waals surface area contributed by atoms with E-state index in [2.05, 4.69) is 4.99 Å². The van der Waals surface area contributed by atoms with Crippen molar-refractivity contribution < 1.29 is 9.90 Å². The Morgan fingerprint density at radius 2 is 2.45 bits per heavy atom. The Hall–Kier alpha value is -1.12. The van der Waals surface area contributed by atoms with E-state index in [1.165, 1.54) is 0 Å². The number of rotatable bonds is 1. The van der Waals surface area contributed by atoms with Gasteiger partial charge in [-0.1, -0.05) is 0 Å². The monoisotopic (exact) mass is 153 g/mol. The highest BCUT2D eigenvalue weighted by atomic mass is 16.4. The summed E-state index contributed by atoms with van der Waals surface area (Å²) in [4.78, 5) is 14.7. The minimum atomic E-state index is -0.789. The molecule has 60 valence electrons. The molecule has 1 aliphatic rings. The molecule has 0 saturated carbocycles. The van der Waals surface area contributed by atoms with Gasteiger partial charge in [0.1, 0.15) is 0 Å². The lowest BCUT2D eigenvalue weighted by molar-refractivity contribution is -0.144. The summed E-state index contributed by atoms with van der Waals surface area (Å²) in [5, 5.41) is 8.81. The van der Waals surface area contributed by atoms with E-state index in [-0.39, 0.29) is 0 Å². The number of hydrogen-bond donors (Lipinski definition) is 1. The largest absolute Gasteiger partial charge is 0.481 e. The molecule has 1 aliphatic heterocycles. The van der Waals surface area contributed by atoms with Gasteiger partial charge in [-0.2, -0.15) is 0 Å². The summed E-state index contributed by atoms with van der Waals surface area (Å²) in [7, 11) is 0.